The van der Waals surface area contributed by atoms with Gasteiger partial charge in [0.25, 0.3) is 5.75 Å². The first-order valence-electron chi connectivity index (χ1n) is 5.86. The number of hydrogen-bond donors (Lipinski definition) is 0. The summed E-state index contributed by atoms with van der Waals surface area (Å²) < 4.78 is 107. The molecular formula is C10H4F8N2O6. The highest BCUT2D eigenvalue weighted by molar-refractivity contribution is 5.67. The van der Waals surface area contributed by atoms with E-state index in [0.29, 0.717) is 0 Å². The van der Waals surface area contributed by atoms with E-state index in [1.807, 2.05) is 0 Å². The largest absolute Gasteiger partial charge is 0.461 e. The Kier molecular flexibility index (Phi) is 5.78. The molecule has 1 aromatic carbocycles. The predicted molar refractivity (Wildman–Crippen MR) is 62.9 cm³/mol. The van der Waals surface area contributed by atoms with Crippen LogP contribution in [0.15, 0.2) is 12.1 Å². The van der Waals surface area contributed by atoms with Crippen LogP contribution in [0.3, 0.4) is 0 Å². The molecule has 0 heterocycles. The number of nitro benzene ring substituents is 2. The summed E-state index contributed by atoms with van der Waals surface area (Å²) in [5.74, 6) is -4.04. The number of nitro groups is 2. The van der Waals surface area contributed by atoms with Gasteiger partial charge in [0.05, 0.1) is 9.85 Å². The van der Waals surface area contributed by atoms with Crippen LogP contribution >= 0.6 is 0 Å². The molecule has 26 heavy (non-hydrogen) atoms. The fourth-order valence-electron chi connectivity index (χ4n) is 1.41. The maximum Gasteiger partial charge on any atom is 0.461 e. The van der Waals surface area contributed by atoms with E-state index in [1.165, 1.54) is 0 Å². The van der Waals surface area contributed by atoms with Gasteiger partial charge >= 0.3 is 36.4 Å². The molecule has 146 valence electrons. The van der Waals surface area contributed by atoms with Crippen molar-refractivity contribution >= 4 is 11.4 Å². The van der Waals surface area contributed by atoms with Crippen molar-refractivity contribution < 1.29 is 54.4 Å². The second kappa shape index (κ2) is 7.12. The molecule has 0 aromatic heterocycles. The molecule has 0 spiro atoms. The number of halogens is 8. The van der Waals surface area contributed by atoms with Gasteiger partial charge in [0, 0.05) is 6.07 Å². The smallest absolute Gasteiger partial charge is 0.421 e. The van der Waals surface area contributed by atoms with Crippen molar-refractivity contribution in [3.8, 4) is 11.5 Å². The topological polar surface area (TPSA) is 105 Å². The van der Waals surface area contributed by atoms with Crippen LogP contribution in [0.1, 0.15) is 0 Å². The van der Waals surface area contributed by atoms with Crippen molar-refractivity contribution in [2.75, 3.05) is 0 Å². The molecule has 16 heteroatoms. The fraction of sp³-hybridized carbons (Fsp3) is 0.400. The van der Waals surface area contributed by atoms with Crippen molar-refractivity contribution in [3.63, 3.8) is 0 Å². The van der Waals surface area contributed by atoms with E-state index < -0.39 is 57.8 Å². The van der Waals surface area contributed by atoms with Crippen LogP contribution in [0, 0.1) is 20.2 Å². The zero-order valence-corrected chi connectivity index (χ0v) is 11.7. The molecule has 0 unspecified atom stereocenters. The Labute approximate surface area is 136 Å². The third kappa shape index (κ3) is 4.37. The number of hydrogen-bond acceptors (Lipinski definition) is 6. The Balaban J connectivity index is 3.65. The van der Waals surface area contributed by atoms with Crippen molar-refractivity contribution in [2.24, 2.45) is 0 Å². The first-order valence-corrected chi connectivity index (χ1v) is 5.86. The Morgan fingerprint density at radius 2 is 1.31 bits per heavy atom. The first kappa shape index (κ1) is 21.1. The van der Waals surface area contributed by atoms with Crippen LogP contribution in [-0.2, 0) is 0 Å². The maximum absolute atomic E-state index is 13.0. The summed E-state index contributed by atoms with van der Waals surface area (Å²) in [5.41, 5.74) is -3.86. The highest BCUT2D eigenvalue weighted by Gasteiger charge is 2.50. The summed E-state index contributed by atoms with van der Waals surface area (Å²) in [6.45, 7) is 0. The van der Waals surface area contributed by atoms with Gasteiger partial charge in [-0.3, -0.25) is 20.2 Å². The molecule has 8 nitrogen and oxygen atoms in total. The number of rotatable bonds is 8. The number of nitrogens with zero attached hydrogens (tertiary/aromatic N) is 2. The summed E-state index contributed by atoms with van der Waals surface area (Å²) in [5, 5.41) is 21.6. The molecule has 0 saturated carbocycles. The predicted octanol–water partition coefficient (Wildman–Crippen LogP) is 3.98. The molecule has 0 N–H and O–H groups in total. The Morgan fingerprint density at radius 3 is 1.69 bits per heavy atom. The zero-order chi connectivity index (χ0) is 20.4. The fourth-order valence-corrected chi connectivity index (χ4v) is 1.41. The summed E-state index contributed by atoms with van der Waals surface area (Å²) in [6.07, 6.45) is -20.1. The van der Waals surface area contributed by atoms with Crippen molar-refractivity contribution in [3.05, 3.63) is 32.4 Å². The molecule has 1 aromatic rings. The summed E-state index contributed by atoms with van der Waals surface area (Å²) in [6, 6.07) is 0.0424. The van der Waals surface area contributed by atoms with Crippen LogP contribution in [0.4, 0.5) is 46.5 Å². The van der Waals surface area contributed by atoms with E-state index in [2.05, 4.69) is 9.47 Å². The summed E-state index contributed by atoms with van der Waals surface area (Å²) >= 11 is 0. The molecule has 0 amide bonds. The minimum absolute atomic E-state index is 0.0138. The first-order chi connectivity index (χ1) is 11.7. The molecular weight excluding hydrogens is 396 g/mol. The summed E-state index contributed by atoms with van der Waals surface area (Å²) in [7, 11) is 0. The van der Waals surface area contributed by atoms with Crippen molar-refractivity contribution in [1.82, 2.24) is 0 Å². The van der Waals surface area contributed by atoms with E-state index in [0.717, 1.165) is 0 Å². The van der Waals surface area contributed by atoms with E-state index in [9.17, 15) is 55.4 Å². The lowest BCUT2D eigenvalue weighted by atomic mass is 10.2. The quantitative estimate of drug-likeness (QED) is 0.372. The highest BCUT2D eigenvalue weighted by atomic mass is 19.3. The normalized spacial score (nSPS) is 12.4. The SMILES string of the molecule is O=[N+]([O-])c1ccc(OC(F)(F)C(F)F)c([N+](=O)[O-])c1OC(F)(F)C(F)F. The lowest BCUT2D eigenvalue weighted by Gasteiger charge is -2.19. The Morgan fingerprint density at radius 1 is 0.846 bits per heavy atom. The molecule has 0 aliphatic carbocycles. The standard InChI is InChI=1S/C10H4F8N2O6/c11-7(12)9(15,16)25-4-2-1-3(19(21)22)6(5(4)20(23)24)26-10(17,18)8(13)14/h1-2,7-8H. The summed E-state index contributed by atoms with van der Waals surface area (Å²) in [4.78, 5) is 18.2. The highest BCUT2D eigenvalue weighted by Crippen LogP contribution is 2.47. The molecule has 0 saturated heterocycles. The van der Waals surface area contributed by atoms with E-state index in [4.69, 9.17) is 0 Å². The third-order valence-corrected chi connectivity index (χ3v) is 2.45. The van der Waals surface area contributed by atoms with Gasteiger partial charge in [0.1, 0.15) is 0 Å². The van der Waals surface area contributed by atoms with Crippen LogP contribution in [-0.4, -0.2) is 34.9 Å². The molecule has 1 rings (SSSR count). The van der Waals surface area contributed by atoms with Gasteiger partial charge in [-0.25, -0.2) is 0 Å². The molecule has 0 atom stereocenters. The minimum atomic E-state index is -5.51. The zero-order valence-electron chi connectivity index (χ0n) is 11.7. The van der Waals surface area contributed by atoms with E-state index in [-0.39, 0.29) is 12.1 Å². The molecule has 0 bridgehead atoms. The second-order valence-corrected chi connectivity index (χ2v) is 4.20. The number of benzene rings is 1. The lowest BCUT2D eigenvalue weighted by Crippen LogP contribution is -2.35. The Hall–Kier alpha value is -2.94. The molecule has 0 radical (unpaired) electrons. The minimum Gasteiger partial charge on any atom is -0.421 e. The van der Waals surface area contributed by atoms with Crippen LogP contribution in [0.25, 0.3) is 0 Å². The average molecular weight is 400 g/mol. The van der Waals surface area contributed by atoms with Gasteiger partial charge < -0.3 is 9.47 Å². The van der Waals surface area contributed by atoms with E-state index >= 15 is 0 Å². The lowest BCUT2D eigenvalue weighted by molar-refractivity contribution is -0.401. The van der Waals surface area contributed by atoms with Gasteiger partial charge in [0.15, 0.2) is 0 Å². The molecule has 0 fully saturated rings. The molecule has 0 aliphatic heterocycles. The molecule has 0 aliphatic rings. The monoisotopic (exact) mass is 400 g/mol. The second-order valence-electron chi connectivity index (χ2n) is 4.20. The van der Waals surface area contributed by atoms with Gasteiger partial charge in [-0.2, -0.15) is 35.1 Å². The van der Waals surface area contributed by atoms with Crippen LogP contribution < -0.4 is 9.47 Å². The average Bonchev–Trinajstić information content (AvgIpc) is 2.45. The van der Waals surface area contributed by atoms with Crippen molar-refractivity contribution in [2.45, 2.75) is 25.1 Å². The third-order valence-electron chi connectivity index (χ3n) is 2.45. The maximum atomic E-state index is 13.0. The van der Waals surface area contributed by atoms with Gasteiger partial charge in [-0.05, 0) is 6.07 Å². The van der Waals surface area contributed by atoms with Gasteiger partial charge in [0.2, 0.25) is 5.75 Å². The van der Waals surface area contributed by atoms with Gasteiger partial charge in [-0.1, -0.05) is 0 Å². The van der Waals surface area contributed by atoms with Crippen LogP contribution in [0.5, 0.6) is 11.5 Å². The van der Waals surface area contributed by atoms with Gasteiger partial charge in [-0.15, -0.1) is 0 Å². The van der Waals surface area contributed by atoms with E-state index in [1.54, 1.807) is 0 Å². The number of alkyl halides is 8. The van der Waals surface area contributed by atoms with Crippen LogP contribution in [0.2, 0.25) is 0 Å². The van der Waals surface area contributed by atoms with Crippen molar-refractivity contribution in [1.29, 1.82) is 0 Å². The number of ether oxygens (including phenoxy) is 2. The Bertz CT molecular complexity index is 713.